The standard InChI is InChI=1S/C55H47N5O/c1-54(2,3)41-25-26-57-53(31-41)60-49-24-21-39(37-15-9-7-10-16-37)29-48(49)47-23-22-45(33-52(47)60)61-46-32-44(34-56-35-46)59-36-58(50-19-13-14-20-51(50)59)43-28-40(38-17-11-8-12-18-38)27-42(30-43)55(4,5)6/h7-35H,1-6H3. The summed E-state index contributed by atoms with van der Waals surface area (Å²) in [6.45, 7) is 13.5. The Morgan fingerprint density at radius 1 is 0.525 bits per heavy atom. The maximum atomic E-state index is 6.70. The van der Waals surface area contributed by atoms with Crippen LogP contribution in [0.2, 0.25) is 0 Å². The Balaban J connectivity index is 1.06. The molecule has 0 saturated carbocycles. The van der Waals surface area contributed by atoms with E-state index in [2.05, 4.69) is 212 Å². The highest BCUT2D eigenvalue weighted by atomic mass is 16.5. The highest BCUT2D eigenvalue weighted by Crippen LogP contribution is 2.38. The molecule has 6 heteroatoms. The average Bonchev–Trinajstić information content (AvgIpc) is 3.82. The molecule has 298 valence electrons. The minimum absolute atomic E-state index is 0.0352. The van der Waals surface area contributed by atoms with Crippen LogP contribution in [0, 0.1) is 6.33 Å². The van der Waals surface area contributed by atoms with Crippen molar-refractivity contribution in [2.24, 2.45) is 0 Å². The molecule has 0 aliphatic rings. The van der Waals surface area contributed by atoms with Crippen molar-refractivity contribution in [2.75, 3.05) is 0 Å². The van der Waals surface area contributed by atoms with Crippen LogP contribution in [0.4, 0.5) is 0 Å². The monoisotopic (exact) mass is 793 g/mol. The lowest BCUT2D eigenvalue weighted by molar-refractivity contribution is -0.572. The molecule has 0 fully saturated rings. The van der Waals surface area contributed by atoms with Crippen LogP contribution in [0.1, 0.15) is 52.7 Å². The van der Waals surface area contributed by atoms with E-state index in [-0.39, 0.29) is 10.8 Å². The number of nitrogens with zero attached hydrogens (tertiary/aromatic N) is 5. The summed E-state index contributed by atoms with van der Waals surface area (Å²) in [6, 6.07) is 55.7. The second-order valence-electron chi connectivity index (χ2n) is 17.9. The van der Waals surface area contributed by atoms with E-state index >= 15 is 0 Å². The van der Waals surface area contributed by atoms with Gasteiger partial charge >= 0.3 is 0 Å². The second-order valence-corrected chi connectivity index (χ2v) is 17.9. The minimum Gasteiger partial charge on any atom is -0.456 e. The Morgan fingerprint density at radius 2 is 1.25 bits per heavy atom. The summed E-state index contributed by atoms with van der Waals surface area (Å²) in [4.78, 5) is 9.61. The molecule has 0 saturated heterocycles. The van der Waals surface area contributed by atoms with Crippen molar-refractivity contribution in [3.63, 3.8) is 0 Å². The topological polar surface area (TPSA) is 48.8 Å². The Bertz CT molecular complexity index is 3240. The van der Waals surface area contributed by atoms with Crippen LogP contribution >= 0.6 is 0 Å². The first-order chi connectivity index (χ1) is 29.5. The molecule has 0 bridgehead atoms. The van der Waals surface area contributed by atoms with Crippen LogP contribution in [0.3, 0.4) is 0 Å². The number of imidazole rings is 1. The third-order valence-electron chi connectivity index (χ3n) is 11.6. The van der Waals surface area contributed by atoms with Gasteiger partial charge in [-0.05, 0) is 98.8 Å². The van der Waals surface area contributed by atoms with Crippen LogP contribution in [0.5, 0.6) is 11.5 Å². The van der Waals surface area contributed by atoms with Crippen LogP contribution in [-0.4, -0.2) is 19.1 Å². The minimum atomic E-state index is -0.0521. The van der Waals surface area contributed by atoms with E-state index in [1.807, 2.05) is 24.5 Å². The van der Waals surface area contributed by atoms with Crippen molar-refractivity contribution >= 4 is 32.8 Å². The largest absolute Gasteiger partial charge is 0.456 e. The van der Waals surface area contributed by atoms with Gasteiger partial charge in [0.25, 0.3) is 6.33 Å². The number of aromatic nitrogens is 5. The van der Waals surface area contributed by atoms with Crippen molar-refractivity contribution in [3.8, 4) is 50.9 Å². The number of rotatable bonds is 7. The van der Waals surface area contributed by atoms with E-state index in [1.54, 1.807) is 6.20 Å². The molecule has 6 aromatic carbocycles. The summed E-state index contributed by atoms with van der Waals surface area (Å²) in [7, 11) is 0. The van der Waals surface area contributed by atoms with Gasteiger partial charge in [0.05, 0.1) is 39.6 Å². The molecule has 6 nitrogen and oxygen atoms in total. The van der Waals surface area contributed by atoms with Crippen molar-refractivity contribution in [3.05, 3.63) is 194 Å². The molecule has 10 aromatic rings. The maximum Gasteiger partial charge on any atom is 0.269 e. The Hall–Kier alpha value is -7.31. The highest BCUT2D eigenvalue weighted by Gasteiger charge is 2.21. The first-order valence-electron chi connectivity index (χ1n) is 20.9. The van der Waals surface area contributed by atoms with Crippen molar-refractivity contribution in [1.29, 1.82) is 0 Å². The average molecular weight is 794 g/mol. The Kier molecular flexibility index (Phi) is 9.17. The first-order valence-corrected chi connectivity index (χ1v) is 20.9. The molecule has 4 heterocycles. The number of ether oxygens (including phenoxy) is 1. The van der Waals surface area contributed by atoms with Crippen LogP contribution in [0.25, 0.3) is 72.3 Å². The number of benzene rings is 6. The van der Waals surface area contributed by atoms with E-state index in [4.69, 9.17) is 9.72 Å². The van der Waals surface area contributed by atoms with Crippen LogP contribution < -0.4 is 9.30 Å². The molecule has 61 heavy (non-hydrogen) atoms. The van der Waals surface area contributed by atoms with E-state index in [0.717, 1.165) is 50.0 Å². The smallest absolute Gasteiger partial charge is 0.269 e. The normalized spacial score (nSPS) is 12.1. The van der Waals surface area contributed by atoms with Gasteiger partial charge in [0.1, 0.15) is 17.3 Å². The maximum absolute atomic E-state index is 6.70. The van der Waals surface area contributed by atoms with Gasteiger partial charge in [-0.15, -0.1) is 0 Å². The number of pyridine rings is 2. The fourth-order valence-corrected chi connectivity index (χ4v) is 8.26. The van der Waals surface area contributed by atoms with Gasteiger partial charge < -0.3 is 4.74 Å². The number of hydrogen-bond acceptors (Lipinski definition) is 3. The van der Waals surface area contributed by atoms with E-state index < -0.39 is 0 Å². The Morgan fingerprint density at radius 3 is 2.00 bits per heavy atom. The van der Waals surface area contributed by atoms with E-state index in [1.165, 1.54) is 33.4 Å². The molecule has 0 spiro atoms. The molecule has 0 unspecified atom stereocenters. The SMILES string of the molecule is CC(C)(C)c1cc(-c2ccccc2)cc(-[n+]2[c-]n(-c3cncc(Oc4ccc5c6cc(-c7ccccc7)ccc6n(-c6cc(C(C)(C)C)ccn6)c5c4)c3)c3ccccc32)c1. The molecule has 0 aliphatic heterocycles. The van der Waals surface area contributed by atoms with E-state index in [9.17, 15) is 0 Å². The fourth-order valence-electron chi connectivity index (χ4n) is 8.26. The third-order valence-corrected chi connectivity index (χ3v) is 11.6. The van der Waals surface area contributed by atoms with Crippen LogP contribution in [0.15, 0.2) is 176 Å². The summed E-state index contributed by atoms with van der Waals surface area (Å²) in [6.07, 6.45) is 9.24. The van der Waals surface area contributed by atoms with Crippen molar-refractivity contribution < 1.29 is 9.30 Å². The number of para-hydroxylation sites is 2. The highest BCUT2D eigenvalue weighted by molar-refractivity contribution is 6.10. The first kappa shape index (κ1) is 37.9. The number of hydrogen-bond donors (Lipinski definition) is 0. The van der Waals surface area contributed by atoms with Crippen molar-refractivity contribution in [1.82, 2.24) is 19.1 Å². The molecule has 0 atom stereocenters. The molecule has 4 aromatic heterocycles. The lowest BCUT2D eigenvalue weighted by Crippen LogP contribution is -2.30. The quantitative estimate of drug-likeness (QED) is 0.119. The summed E-state index contributed by atoms with van der Waals surface area (Å²) in [5.74, 6) is 2.19. The molecule has 0 amide bonds. The number of fused-ring (bicyclic) bond motifs is 4. The van der Waals surface area contributed by atoms with Crippen molar-refractivity contribution in [2.45, 2.75) is 52.4 Å². The fraction of sp³-hybridized carbons (Fsp3) is 0.145. The van der Waals surface area contributed by atoms with E-state index in [0.29, 0.717) is 11.5 Å². The summed E-state index contributed by atoms with van der Waals surface area (Å²) in [5.41, 5.74) is 13.1. The predicted octanol–water partition coefficient (Wildman–Crippen LogP) is 13.3. The zero-order chi connectivity index (χ0) is 41.9. The Labute approximate surface area is 357 Å². The third kappa shape index (κ3) is 7.14. The predicted molar refractivity (Wildman–Crippen MR) is 248 cm³/mol. The molecular weight excluding hydrogens is 747 g/mol. The van der Waals surface area contributed by atoms with Gasteiger partial charge in [-0.25, -0.2) is 4.98 Å². The van der Waals surface area contributed by atoms with Crippen LogP contribution in [-0.2, 0) is 10.8 Å². The van der Waals surface area contributed by atoms with Gasteiger partial charge in [0.2, 0.25) is 0 Å². The zero-order valence-corrected chi connectivity index (χ0v) is 35.4. The second kappa shape index (κ2) is 14.8. The lowest BCUT2D eigenvalue weighted by Gasteiger charge is -2.22. The zero-order valence-electron chi connectivity index (χ0n) is 35.4. The summed E-state index contributed by atoms with van der Waals surface area (Å²) in [5, 5.41) is 2.28. The van der Waals surface area contributed by atoms with Gasteiger partial charge in [0.15, 0.2) is 0 Å². The summed E-state index contributed by atoms with van der Waals surface area (Å²) >= 11 is 0. The van der Waals surface area contributed by atoms with Gasteiger partial charge in [0, 0.05) is 29.2 Å². The van der Waals surface area contributed by atoms with Gasteiger partial charge in [-0.3, -0.25) is 18.7 Å². The van der Waals surface area contributed by atoms with Gasteiger partial charge in [-0.2, -0.15) is 0 Å². The molecule has 0 aliphatic carbocycles. The molecule has 0 N–H and O–H groups in total. The van der Waals surface area contributed by atoms with Gasteiger partial charge in [-0.1, -0.05) is 139 Å². The molecule has 0 radical (unpaired) electrons. The lowest BCUT2D eigenvalue weighted by atomic mass is 9.85. The molecule has 10 rings (SSSR count). The summed E-state index contributed by atoms with van der Waals surface area (Å²) < 4.78 is 13.2. The molecular formula is C55H47N5O.